The number of rotatable bonds is 4. The molecule has 1 aliphatic carbocycles. The maximum Gasteiger partial charge on any atom is 0.407 e. The molecule has 1 amide bonds. The van der Waals surface area contributed by atoms with E-state index in [1.165, 1.54) is 6.42 Å². The predicted octanol–water partition coefficient (Wildman–Crippen LogP) is 2.56. The number of carbonyl (C=O) groups excluding carboxylic acids is 1. The molecule has 1 saturated carbocycles. The molecular weight excluding hydrogens is 292 g/mol. The van der Waals surface area contributed by atoms with E-state index in [0.717, 1.165) is 51.1 Å². The average molecular weight is 318 g/mol. The van der Waals surface area contributed by atoms with Crippen LogP contribution in [0.2, 0.25) is 0 Å². The number of hydrogen-bond acceptors (Lipinski definition) is 4. The lowest BCUT2D eigenvalue weighted by Crippen LogP contribution is -2.49. The number of nitrogens with zero attached hydrogens (tertiary/aromatic N) is 1. The molecule has 2 fully saturated rings. The van der Waals surface area contributed by atoms with Crippen LogP contribution in [0.25, 0.3) is 0 Å². The predicted molar refractivity (Wildman–Crippen MR) is 88.2 cm³/mol. The van der Waals surface area contributed by atoms with Gasteiger partial charge in [-0.1, -0.05) is 30.3 Å². The first-order valence-corrected chi connectivity index (χ1v) is 8.60. The Kier molecular flexibility index (Phi) is 5.88. The molecule has 2 atom stereocenters. The van der Waals surface area contributed by atoms with Gasteiger partial charge in [-0.2, -0.15) is 0 Å². The van der Waals surface area contributed by atoms with Crippen molar-refractivity contribution in [3.05, 3.63) is 35.9 Å². The van der Waals surface area contributed by atoms with Gasteiger partial charge in [-0.15, -0.1) is 0 Å². The van der Waals surface area contributed by atoms with Crippen LogP contribution in [-0.2, 0) is 16.1 Å². The largest absolute Gasteiger partial charge is 0.445 e. The van der Waals surface area contributed by atoms with E-state index in [1.54, 1.807) is 0 Å². The van der Waals surface area contributed by atoms with E-state index < -0.39 is 0 Å². The van der Waals surface area contributed by atoms with Crippen LogP contribution < -0.4 is 5.32 Å². The second-order valence-electron chi connectivity index (χ2n) is 6.37. The Morgan fingerprint density at radius 1 is 1.22 bits per heavy atom. The SMILES string of the molecule is O=C(NC1CCCC(N2CCOCC2)C1)OCc1ccccc1. The summed E-state index contributed by atoms with van der Waals surface area (Å²) in [5.41, 5.74) is 1.01. The molecule has 1 aromatic carbocycles. The van der Waals surface area contributed by atoms with Crippen LogP contribution in [0.3, 0.4) is 0 Å². The lowest BCUT2D eigenvalue weighted by atomic mass is 9.90. The van der Waals surface area contributed by atoms with E-state index in [-0.39, 0.29) is 12.1 Å². The second kappa shape index (κ2) is 8.31. The molecule has 5 nitrogen and oxygen atoms in total. The Morgan fingerprint density at radius 2 is 2.00 bits per heavy atom. The lowest BCUT2D eigenvalue weighted by Gasteiger charge is -2.39. The number of carbonyl (C=O) groups is 1. The second-order valence-corrected chi connectivity index (χ2v) is 6.37. The van der Waals surface area contributed by atoms with Gasteiger partial charge in [-0.25, -0.2) is 4.79 Å². The van der Waals surface area contributed by atoms with Crippen molar-refractivity contribution in [1.29, 1.82) is 0 Å². The van der Waals surface area contributed by atoms with Gasteiger partial charge in [0.1, 0.15) is 6.61 Å². The highest BCUT2D eigenvalue weighted by Crippen LogP contribution is 2.24. The molecule has 5 heteroatoms. The third-order valence-corrected chi connectivity index (χ3v) is 4.74. The summed E-state index contributed by atoms with van der Waals surface area (Å²) >= 11 is 0. The Morgan fingerprint density at radius 3 is 2.78 bits per heavy atom. The minimum absolute atomic E-state index is 0.222. The summed E-state index contributed by atoms with van der Waals surface area (Å²) < 4.78 is 10.8. The van der Waals surface area contributed by atoms with E-state index in [0.29, 0.717) is 12.6 Å². The zero-order valence-corrected chi connectivity index (χ0v) is 13.6. The first-order valence-electron chi connectivity index (χ1n) is 8.60. The number of morpholine rings is 1. The molecular formula is C18H26N2O3. The van der Waals surface area contributed by atoms with E-state index in [1.807, 2.05) is 30.3 Å². The fourth-order valence-electron chi connectivity index (χ4n) is 3.50. The molecule has 0 aromatic heterocycles. The van der Waals surface area contributed by atoms with Crippen molar-refractivity contribution < 1.29 is 14.3 Å². The summed E-state index contributed by atoms with van der Waals surface area (Å²) in [5.74, 6) is 0. The van der Waals surface area contributed by atoms with Gasteiger partial charge in [-0.05, 0) is 31.2 Å². The smallest absolute Gasteiger partial charge is 0.407 e. The van der Waals surface area contributed by atoms with Crippen molar-refractivity contribution in [2.75, 3.05) is 26.3 Å². The first-order chi connectivity index (χ1) is 11.3. The molecule has 0 radical (unpaired) electrons. The van der Waals surface area contributed by atoms with Crippen LogP contribution in [0.1, 0.15) is 31.2 Å². The van der Waals surface area contributed by atoms with Crippen LogP contribution in [0.5, 0.6) is 0 Å². The van der Waals surface area contributed by atoms with Crippen LogP contribution in [0.4, 0.5) is 4.79 Å². The van der Waals surface area contributed by atoms with E-state index in [4.69, 9.17) is 9.47 Å². The number of ether oxygens (including phenoxy) is 2. The van der Waals surface area contributed by atoms with E-state index >= 15 is 0 Å². The highest BCUT2D eigenvalue weighted by molar-refractivity contribution is 5.67. The molecule has 1 saturated heterocycles. The van der Waals surface area contributed by atoms with Crippen molar-refractivity contribution in [1.82, 2.24) is 10.2 Å². The van der Waals surface area contributed by atoms with Gasteiger partial charge >= 0.3 is 6.09 Å². The molecule has 23 heavy (non-hydrogen) atoms. The molecule has 126 valence electrons. The molecule has 2 unspecified atom stereocenters. The number of nitrogens with one attached hydrogen (secondary N) is 1. The maximum absolute atomic E-state index is 12.0. The Balaban J connectivity index is 1.42. The van der Waals surface area contributed by atoms with Gasteiger partial charge in [0.2, 0.25) is 0 Å². The molecule has 1 heterocycles. The summed E-state index contributed by atoms with van der Waals surface area (Å²) in [6.07, 6.45) is 4.13. The summed E-state index contributed by atoms with van der Waals surface area (Å²) in [5, 5.41) is 3.04. The number of alkyl carbamates (subject to hydrolysis) is 1. The van der Waals surface area contributed by atoms with Crippen LogP contribution >= 0.6 is 0 Å². The molecule has 1 aromatic rings. The zero-order chi connectivity index (χ0) is 15.9. The molecule has 1 aliphatic heterocycles. The minimum atomic E-state index is -0.304. The Hall–Kier alpha value is -1.59. The van der Waals surface area contributed by atoms with Crippen molar-refractivity contribution in [3.8, 4) is 0 Å². The summed E-state index contributed by atoms with van der Waals surface area (Å²) in [4.78, 5) is 14.5. The van der Waals surface area contributed by atoms with E-state index in [2.05, 4.69) is 10.2 Å². The topological polar surface area (TPSA) is 50.8 Å². The molecule has 0 bridgehead atoms. The molecule has 2 aliphatic rings. The number of benzene rings is 1. The van der Waals surface area contributed by atoms with Crippen LogP contribution in [0, 0.1) is 0 Å². The van der Waals surface area contributed by atoms with Crippen LogP contribution in [-0.4, -0.2) is 49.4 Å². The average Bonchev–Trinajstić information content (AvgIpc) is 2.62. The molecule has 0 spiro atoms. The highest BCUT2D eigenvalue weighted by Gasteiger charge is 2.28. The van der Waals surface area contributed by atoms with Gasteiger partial charge in [0.25, 0.3) is 0 Å². The normalized spacial score (nSPS) is 25.7. The third kappa shape index (κ3) is 4.94. The first kappa shape index (κ1) is 16.3. The van der Waals surface area contributed by atoms with Gasteiger partial charge < -0.3 is 14.8 Å². The fourth-order valence-corrected chi connectivity index (χ4v) is 3.50. The number of amides is 1. The van der Waals surface area contributed by atoms with Crippen molar-refractivity contribution >= 4 is 6.09 Å². The monoisotopic (exact) mass is 318 g/mol. The van der Waals surface area contributed by atoms with Gasteiger partial charge in [0.15, 0.2) is 0 Å². The van der Waals surface area contributed by atoms with Crippen molar-refractivity contribution in [3.63, 3.8) is 0 Å². The highest BCUT2D eigenvalue weighted by atomic mass is 16.5. The minimum Gasteiger partial charge on any atom is -0.445 e. The quantitative estimate of drug-likeness (QED) is 0.927. The third-order valence-electron chi connectivity index (χ3n) is 4.74. The van der Waals surface area contributed by atoms with Crippen molar-refractivity contribution in [2.45, 2.75) is 44.4 Å². The molecule has 1 N–H and O–H groups in total. The summed E-state index contributed by atoms with van der Waals surface area (Å²) in [6, 6.07) is 10.6. The molecule has 3 rings (SSSR count). The van der Waals surface area contributed by atoms with Gasteiger partial charge in [0, 0.05) is 25.2 Å². The number of hydrogen-bond donors (Lipinski definition) is 1. The summed E-state index contributed by atoms with van der Waals surface area (Å²) in [6.45, 7) is 4.00. The van der Waals surface area contributed by atoms with Crippen LogP contribution in [0.15, 0.2) is 30.3 Å². The fraction of sp³-hybridized carbons (Fsp3) is 0.611. The Labute approximate surface area is 137 Å². The van der Waals surface area contributed by atoms with Crippen molar-refractivity contribution in [2.24, 2.45) is 0 Å². The zero-order valence-electron chi connectivity index (χ0n) is 13.6. The standard InChI is InChI=1S/C18H26N2O3/c21-18(23-14-15-5-2-1-3-6-15)19-16-7-4-8-17(13-16)20-9-11-22-12-10-20/h1-3,5-6,16-17H,4,7-14H2,(H,19,21). The van der Waals surface area contributed by atoms with Gasteiger partial charge in [0.05, 0.1) is 13.2 Å². The van der Waals surface area contributed by atoms with E-state index in [9.17, 15) is 4.79 Å². The lowest BCUT2D eigenvalue weighted by molar-refractivity contribution is 0.00529. The summed E-state index contributed by atoms with van der Waals surface area (Å²) in [7, 11) is 0. The Bertz CT molecular complexity index is 488. The van der Waals surface area contributed by atoms with Gasteiger partial charge in [-0.3, -0.25) is 4.90 Å². The maximum atomic E-state index is 12.0.